The van der Waals surface area contributed by atoms with Gasteiger partial charge < -0.3 is 5.11 Å². The van der Waals surface area contributed by atoms with Crippen molar-refractivity contribution in [1.82, 2.24) is 14.7 Å². The van der Waals surface area contributed by atoms with Crippen molar-refractivity contribution in [3.05, 3.63) is 17.5 Å². The Kier molecular flexibility index (Phi) is 3.18. The lowest BCUT2D eigenvalue weighted by atomic mass is 9.94. The van der Waals surface area contributed by atoms with Crippen molar-refractivity contribution in [2.24, 2.45) is 0 Å². The van der Waals surface area contributed by atoms with Gasteiger partial charge in [0.15, 0.2) is 0 Å². The second-order valence-electron chi connectivity index (χ2n) is 6.45. The van der Waals surface area contributed by atoms with Crippen LogP contribution in [0.25, 0.3) is 0 Å². The van der Waals surface area contributed by atoms with Crippen molar-refractivity contribution < 1.29 is 5.11 Å². The molecule has 1 saturated carbocycles. The Morgan fingerprint density at radius 3 is 2.84 bits per heavy atom. The minimum Gasteiger partial charge on any atom is -0.388 e. The number of nitrogens with zero attached hydrogens (tertiary/aromatic N) is 3. The molecule has 1 saturated heterocycles. The monoisotopic (exact) mass is 263 g/mol. The maximum absolute atomic E-state index is 10.9. The molecule has 0 aromatic carbocycles. The van der Waals surface area contributed by atoms with Gasteiger partial charge in [-0.2, -0.15) is 5.10 Å². The van der Waals surface area contributed by atoms with Crippen LogP contribution in [-0.4, -0.2) is 44.0 Å². The number of aryl methyl sites for hydroxylation is 2. The van der Waals surface area contributed by atoms with E-state index in [1.165, 1.54) is 18.5 Å². The van der Waals surface area contributed by atoms with E-state index in [0.717, 1.165) is 37.7 Å². The summed E-state index contributed by atoms with van der Waals surface area (Å²) in [6.07, 6.45) is 4.24. The van der Waals surface area contributed by atoms with E-state index < -0.39 is 5.60 Å². The van der Waals surface area contributed by atoms with Crippen molar-refractivity contribution in [1.29, 1.82) is 0 Å². The van der Waals surface area contributed by atoms with Gasteiger partial charge in [-0.25, -0.2) is 0 Å². The third-order valence-corrected chi connectivity index (χ3v) is 4.53. The van der Waals surface area contributed by atoms with Gasteiger partial charge in [0.05, 0.1) is 11.3 Å². The quantitative estimate of drug-likeness (QED) is 0.899. The van der Waals surface area contributed by atoms with Gasteiger partial charge in [0.2, 0.25) is 0 Å². The van der Waals surface area contributed by atoms with E-state index in [2.05, 4.69) is 29.9 Å². The first-order valence-electron chi connectivity index (χ1n) is 7.52. The summed E-state index contributed by atoms with van der Waals surface area (Å²) < 4.78 is 2.03. The van der Waals surface area contributed by atoms with Crippen LogP contribution in [-0.2, 0) is 13.0 Å². The van der Waals surface area contributed by atoms with Crippen LogP contribution in [0.5, 0.6) is 0 Å². The predicted octanol–water partition coefficient (Wildman–Crippen LogP) is 1.74. The molecule has 0 spiro atoms. The zero-order chi connectivity index (χ0) is 13.6. The molecule has 106 valence electrons. The van der Waals surface area contributed by atoms with E-state index in [-0.39, 0.29) is 0 Å². The van der Waals surface area contributed by atoms with Crippen LogP contribution in [0.2, 0.25) is 0 Å². The molecule has 0 bridgehead atoms. The molecule has 0 amide bonds. The molecule has 2 heterocycles. The summed E-state index contributed by atoms with van der Waals surface area (Å²) in [6.45, 7) is 8.08. The highest BCUT2D eigenvalue weighted by atomic mass is 16.3. The third kappa shape index (κ3) is 2.56. The molecule has 2 fully saturated rings. The summed E-state index contributed by atoms with van der Waals surface area (Å²) in [5.41, 5.74) is 1.65. The minimum absolute atomic E-state index is 0.511. The molecule has 2 aliphatic rings. The highest BCUT2D eigenvalue weighted by Crippen LogP contribution is 2.38. The highest BCUT2D eigenvalue weighted by molar-refractivity contribution is 5.14. The predicted molar refractivity (Wildman–Crippen MR) is 75.1 cm³/mol. The highest BCUT2D eigenvalue weighted by Gasteiger charge is 2.46. The summed E-state index contributed by atoms with van der Waals surface area (Å²) in [5.74, 6) is 0. The van der Waals surface area contributed by atoms with Gasteiger partial charge in [-0.1, -0.05) is 0 Å². The number of rotatable bonds is 4. The zero-order valence-electron chi connectivity index (χ0n) is 12.3. The second-order valence-corrected chi connectivity index (χ2v) is 6.45. The lowest BCUT2D eigenvalue weighted by Crippen LogP contribution is -2.37. The number of aromatic nitrogens is 2. The van der Waals surface area contributed by atoms with Gasteiger partial charge in [0.1, 0.15) is 0 Å². The Hall–Kier alpha value is -0.870. The molecule has 1 aliphatic carbocycles. The Morgan fingerprint density at radius 2 is 2.21 bits per heavy atom. The number of hydrogen-bond acceptors (Lipinski definition) is 3. The molecule has 4 nitrogen and oxygen atoms in total. The van der Waals surface area contributed by atoms with Crippen molar-refractivity contribution in [3.8, 4) is 0 Å². The fraction of sp³-hybridized carbons (Fsp3) is 0.800. The average Bonchev–Trinajstić information content (AvgIpc) is 3.05. The molecule has 19 heavy (non-hydrogen) atoms. The Morgan fingerprint density at radius 1 is 1.47 bits per heavy atom. The maximum Gasteiger partial charge on any atom is 0.0844 e. The van der Waals surface area contributed by atoms with Gasteiger partial charge in [-0.05, 0) is 46.1 Å². The van der Waals surface area contributed by atoms with Gasteiger partial charge in [-0.3, -0.25) is 9.58 Å². The van der Waals surface area contributed by atoms with E-state index in [1.807, 2.05) is 11.6 Å². The van der Waals surface area contributed by atoms with Crippen LogP contribution in [0, 0.1) is 6.92 Å². The normalized spacial score (nSPS) is 32.1. The van der Waals surface area contributed by atoms with Gasteiger partial charge >= 0.3 is 0 Å². The molecule has 1 N–H and O–H groups in total. The van der Waals surface area contributed by atoms with Gasteiger partial charge in [-0.15, -0.1) is 0 Å². The average molecular weight is 263 g/mol. The lowest BCUT2D eigenvalue weighted by Gasteiger charge is -2.24. The van der Waals surface area contributed by atoms with Crippen LogP contribution in [0.3, 0.4) is 0 Å². The zero-order valence-corrected chi connectivity index (χ0v) is 12.3. The Balaban J connectivity index is 1.74. The molecular formula is C15H25N3O. The van der Waals surface area contributed by atoms with Crippen molar-refractivity contribution in [3.63, 3.8) is 0 Å². The largest absolute Gasteiger partial charge is 0.388 e. The van der Waals surface area contributed by atoms with E-state index in [1.54, 1.807) is 0 Å². The summed E-state index contributed by atoms with van der Waals surface area (Å²) in [7, 11) is 0. The summed E-state index contributed by atoms with van der Waals surface area (Å²) in [6, 6.07) is 3.37. The Bertz CT molecular complexity index is 466. The van der Waals surface area contributed by atoms with Crippen molar-refractivity contribution in [2.45, 2.75) is 70.7 Å². The smallest absolute Gasteiger partial charge is 0.0844 e. The molecule has 0 radical (unpaired) electrons. The third-order valence-electron chi connectivity index (χ3n) is 4.53. The molecular weight excluding hydrogens is 238 g/mol. The number of hydrogen-bond donors (Lipinski definition) is 1. The number of β-amino-alcohol motifs (C(OH)–C–C–N with tert-alkyl or cyclic N) is 1. The molecule has 1 aromatic heterocycles. The Labute approximate surface area is 115 Å². The topological polar surface area (TPSA) is 41.3 Å². The summed E-state index contributed by atoms with van der Waals surface area (Å²) >= 11 is 0. The fourth-order valence-electron chi connectivity index (χ4n) is 3.60. The summed E-state index contributed by atoms with van der Waals surface area (Å²) in [4.78, 5) is 2.50. The van der Waals surface area contributed by atoms with Crippen LogP contribution in [0.4, 0.5) is 0 Å². The van der Waals surface area contributed by atoms with Crippen LogP contribution < -0.4 is 0 Å². The van der Waals surface area contributed by atoms with E-state index in [4.69, 9.17) is 0 Å². The van der Waals surface area contributed by atoms with Crippen LogP contribution in [0.15, 0.2) is 6.07 Å². The number of likely N-dealkylation sites (tertiary alicyclic amines) is 1. The molecule has 2 atom stereocenters. The first-order chi connectivity index (χ1) is 9.00. The molecule has 4 heteroatoms. The SMILES string of the molecule is CCn1nc(C)cc1CC1(O)CC(C)N(C2CC2)C1. The van der Waals surface area contributed by atoms with E-state index in [0.29, 0.717) is 6.04 Å². The molecule has 1 aliphatic heterocycles. The first kappa shape index (κ1) is 13.1. The van der Waals surface area contributed by atoms with Gasteiger partial charge in [0, 0.05) is 37.3 Å². The maximum atomic E-state index is 10.9. The second kappa shape index (κ2) is 4.60. The van der Waals surface area contributed by atoms with E-state index in [9.17, 15) is 5.11 Å². The van der Waals surface area contributed by atoms with Crippen LogP contribution in [0.1, 0.15) is 44.5 Å². The molecule has 2 unspecified atom stereocenters. The van der Waals surface area contributed by atoms with Crippen molar-refractivity contribution >= 4 is 0 Å². The van der Waals surface area contributed by atoms with Crippen LogP contribution >= 0.6 is 0 Å². The standard InChI is InChI=1S/C15H25N3O/c1-4-18-14(7-11(2)16-18)9-15(19)8-12(3)17(10-15)13-5-6-13/h7,12-13,19H,4-6,8-10H2,1-3H3. The number of aliphatic hydroxyl groups is 1. The fourth-order valence-corrected chi connectivity index (χ4v) is 3.60. The lowest BCUT2D eigenvalue weighted by molar-refractivity contribution is 0.0467. The molecule has 1 aromatic rings. The minimum atomic E-state index is -0.568. The summed E-state index contributed by atoms with van der Waals surface area (Å²) in [5, 5.41) is 15.4. The van der Waals surface area contributed by atoms with Crippen molar-refractivity contribution in [2.75, 3.05) is 6.54 Å². The van der Waals surface area contributed by atoms with E-state index >= 15 is 0 Å². The van der Waals surface area contributed by atoms with Gasteiger partial charge in [0.25, 0.3) is 0 Å². The first-order valence-corrected chi connectivity index (χ1v) is 7.52. The molecule has 3 rings (SSSR count).